The Labute approximate surface area is 178 Å². The average Bonchev–Trinajstić information content (AvgIpc) is 3.02. The fraction of sp³-hybridized carbons (Fsp3) is 0.167. The van der Waals surface area contributed by atoms with Crippen LogP contribution in [0, 0.1) is 13.8 Å². The van der Waals surface area contributed by atoms with Gasteiger partial charge in [-0.3, -0.25) is 4.79 Å². The molecular formula is C24H21BrN2O2. The third-order valence-corrected chi connectivity index (χ3v) is 5.90. The first-order valence-electron chi connectivity index (χ1n) is 9.47. The van der Waals surface area contributed by atoms with Gasteiger partial charge in [0.1, 0.15) is 5.75 Å². The molecule has 0 aliphatic rings. The van der Waals surface area contributed by atoms with Crippen molar-refractivity contribution in [2.24, 2.45) is 0 Å². The van der Waals surface area contributed by atoms with Gasteiger partial charge in [0.2, 0.25) is 0 Å². The summed E-state index contributed by atoms with van der Waals surface area (Å²) in [7, 11) is 0. The van der Waals surface area contributed by atoms with Gasteiger partial charge in [0.05, 0.1) is 10.2 Å². The molecule has 0 unspecified atom stereocenters. The number of rotatable bonds is 5. The largest absolute Gasteiger partial charge is 0.482 e. The maximum atomic E-state index is 12.8. The van der Waals surface area contributed by atoms with Crippen molar-refractivity contribution in [1.29, 1.82) is 0 Å². The molecule has 0 radical (unpaired) electrons. The van der Waals surface area contributed by atoms with E-state index >= 15 is 0 Å². The molecule has 29 heavy (non-hydrogen) atoms. The second-order valence-electron chi connectivity index (χ2n) is 7.00. The standard InChI is InChI=1S/C24H21BrN2O2/c1-16-21(14-18-8-4-3-5-9-18)17(2)27(26-16)23(28)15-29-22-13-12-19-10-6-7-11-20(19)24(22)25/h3-13H,14-15H2,1-2H3. The van der Waals surface area contributed by atoms with Crippen LogP contribution in [0.5, 0.6) is 5.75 Å². The van der Waals surface area contributed by atoms with Crippen LogP contribution in [-0.2, 0) is 6.42 Å². The second kappa shape index (κ2) is 8.21. The van der Waals surface area contributed by atoms with Crippen LogP contribution in [0.3, 0.4) is 0 Å². The summed E-state index contributed by atoms with van der Waals surface area (Å²) in [5.74, 6) is 0.452. The maximum Gasteiger partial charge on any atom is 0.284 e. The molecule has 0 N–H and O–H groups in total. The molecule has 0 atom stereocenters. The molecular weight excluding hydrogens is 428 g/mol. The molecule has 0 fully saturated rings. The van der Waals surface area contributed by atoms with E-state index in [1.165, 1.54) is 10.2 Å². The lowest BCUT2D eigenvalue weighted by Gasteiger charge is -2.10. The summed E-state index contributed by atoms with van der Waals surface area (Å²) < 4.78 is 8.14. The fourth-order valence-electron chi connectivity index (χ4n) is 3.50. The van der Waals surface area contributed by atoms with Crippen molar-refractivity contribution >= 4 is 32.6 Å². The lowest BCUT2D eigenvalue weighted by atomic mass is 10.0. The highest BCUT2D eigenvalue weighted by atomic mass is 79.9. The van der Waals surface area contributed by atoms with Crippen LogP contribution in [0.15, 0.2) is 71.2 Å². The Balaban J connectivity index is 1.52. The van der Waals surface area contributed by atoms with Crippen molar-refractivity contribution in [2.45, 2.75) is 20.3 Å². The number of ether oxygens (including phenoxy) is 1. The smallest absolute Gasteiger partial charge is 0.284 e. The van der Waals surface area contributed by atoms with Crippen molar-refractivity contribution in [3.05, 3.63) is 93.7 Å². The number of carbonyl (C=O) groups is 1. The zero-order valence-corrected chi connectivity index (χ0v) is 17.9. The zero-order valence-electron chi connectivity index (χ0n) is 16.4. The quantitative estimate of drug-likeness (QED) is 0.391. The molecule has 1 heterocycles. The third kappa shape index (κ3) is 3.96. The van der Waals surface area contributed by atoms with Gasteiger partial charge in [-0.25, -0.2) is 4.68 Å². The molecule has 0 amide bonds. The lowest BCUT2D eigenvalue weighted by Crippen LogP contribution is -2.22. The topological polar surface area (TPSA) is 44.1 Å². The van der Waals surface area contributed by atoms with E-state index in [2.05, 4.69) is 33.2 Å². The normalized spacial score (nSPS) is 11.0. The van der Waals surface area contributed by atoms with Crippen LogP contribution in [0.25, 0.3) is 10.8 Å². The predicted octanol–water partition coefficient (Wildman–Crippen LogP) is 5.73. The molecule has 4 rings (SSSR count). The highest BCUT2D eigenvalue weighted by molar-refractivity contribution is 9.10. The minimum absolute atomic E-state index is 0.0797. The van der Waals surface area contributed by atoms with E-state index in [-0.39, 0.29) is 12.5 Å². The van der Waals surface area contributed by atoms with Crippen molar-refractivity contribution in [2.75, 3.05) is 6.61 Å². The number of aryl methyl sites for hydroxylation is 1. The molecule has 0 saturated heterocycles. The molecule has 5 heteroatoms. The number of halogens is 1. The first-order valence-corrected chi connectivity index (χ1v) is 10.3. The SMILES string of the molecule is Cc1nn(C(=O)COc2ccc3ccccc3c2Br)c(C)c1Cc1ccccc1. The molecule has 0 bridgehead atoms. The maximum absolute atomic E-state index is 12.8. The van der Waals surface area contributed by atoms with Gasteiger partial charge in [-0.05, 0) is 52.2 Å². The Hall–Kier alpha value is -2.92. The van der Waals surface area contributed by atoms with Crippen molar-refractivity contribution in [3.63, 3.8) is 0 Å². The van der Waals surface area contributed by atoms with E-state index < -0.39 is 0 Å². The predicted molar refractivity (Wildman–Crippen MR) is 119 cm³/mol. The van der Waals surface area contributed by atoms with Crippen LogP contribution in [0.4, 0.5) is 0 Å². The molecule has 146 valence electrons. The van der Waals surface area contributed by atoms with Gasteiger partial charge in [0.25, 0.3) is 5.91 Å². The molecule has 1 aromatic heterocycles. The van der Waals surface area contributed by atoms with Crippen molar-refractivity contribution in [1.82, 2.24) is 9.78 Å². The number of aromatic nitrogens is 2. The Bertz CT molecular complexity index is 1180. The molecule has 0 spiro atoms. The Morgan fingerprint density at radius 2 is 1.72 bits per heavy atom. The fourth-order valence-corrected chi connectivity index (χ4v) is 4.11. The number of fused-ring (bicyclic) bond motifs is 1. The van der Waals surface area contributed by atoms with E-state index in [9.17, 15) is 4.79 Å². The molecule has 0 aliphatic carbocycles. The summed E-state index contributed by atoms with van der Waals surface area (Å²) in [6.07, 6.45) is 0.753. The van der Waals surface area contributed by atoms with Crippen LogP contribution in [0.2, 0.25) is 0 Å². The highest BCUT2D eigenvalue weighted by Crippen LogP contribution is 2.33. The van der Waals surface area contributed by atoms with Crippen LogP contribution < -0.4 is 4.74 Å². The van der Waals surface area contributed by atoms with Crippen LogP contribution >= 0.6 is 15.9 Å². The van der Waals surface area contributed by atoms with Gasteiger partial charge in [-0.1, -0.05) is 60.7 Å². The van der Waals surface area contributed by atoms with E-state index in [0.29, 0.717) is 5.75 Å². The summed E-state index contributed by atoms with van der Waals surface area (Å²) in [5.41, 5.74) is 4.00. The Morgan fingerprint density at radius 3 is 2.52 bits per heavy atom. The monoisotopic (exact) mass is 448 g/mol. The summed E-state index contributed by atoms with van der Waals surface area (Å²) in [5, 5.41) is 6.63. The first kappa shape index (κ1) is 19.4. The van der Waals surface area contributed by atoms with Crippen LogP contribution in [-0.4, -0.2) is 22.3 Å². The van der Waals surface area contributed by atoms with Gasteiger partial charge in [-0.15, -0.1) is 0 Å². The van der Waals surface area contributed by atoms with E-state index in [0.717, 1.165) is 38.6 Å². The number of carbonyl (C=O) groups excluding carboxylic acids is 1. The number of nitrogens with zero attached hydrogens (tertiary/aromatic N) is 2. The molecule has 0 aliphatic heterocycles. The Morgan fingerprint density at radius 1 is 1.00 bits per heavy atom. The lowest BCUT2D eigenvalue weighted by molar-refractivity contribution is 0.0817. The van der Waals surface area contributed by atoms with Crippen molar-refractivity contribution in [3.8, 4) is 5.75 Å². The first-order chi connectivity index (χ1) is 14.0. The molecule has 3 aromatic carbocycles. The third-order valence-electron chi connectivity index (χ3n) is 5.08. The molecule has 4 nitrogen and oxygen atoms in total. The second-order valence-corrected chi connectivity index (χ2v) is 7.80. The minimum atomic E-state index is -0.190. The van der Waals surface area contributed by atoms with Gasteiger partial charge in [0, 0.05) is 17.7 Å². The van der Waals surface area contributed by atoms with Crippen LogP contribution in [0.1, 0.15) is 27.3 Å². The minimum Gasteiger partial charge on any atom is -0.482 e. The summed E-state index contributed by atoms with van der Waals surface area (Å²) >= 11 is 3.60. The van der Waals surface area contributed by atoms with Gasteiger partial charge >= 0.3 is 0 Å². The number of hydrogen-bond acceptors (Lipinski definition) is 3. The van der Waals surface area contributed by atoms with E-state index in [4.69, 9.17) is 4.74 Å². The van der Waals surface area contributed by atoms with Gasteiger partial charge in [-0.2, -0.15) is 5.10 Å². The highest BCUT2D eigenvalue weighted by Gasteiger charge is 2.18. The molecule has 0 saturated carbocycles. The van der Waals surface area contributed by atoms with E-state index in [1.807, 2.05) is 68.4 Å². The zero-order chi connectivity index (χ0) is 20.4. The van der Waals surface area contributed by atoms with Crippen molar-refractivity contribution < 1.29 is 9.53 Å². The summed E-state index contributed by atoms with van der Waals surface area (Å²) in [6, 6.07) is 22.1. The molecule has 4 aromatic rings. The number of benzene rings is 3. The average molecular weight is 449 g/mol. The van der Waals surface area contributed by atoms with Gasteiger partial charge < -0.3 is 4.74 Å². The summed E-state index contributed by atoms with van der Waals surface area (Å²) in [4.78, 5) is 12.8. The summed E-state index contributed by atoms with van der Waals surface area (Å²) in [6.45, 7) is 3.79. The van der Waals surface area contributed by atoms with Gasteiger partial charge in [0.15, 0.2) is 6.61 Å². The van der Waals surface area contributed by atoms with E-state index in [1.54, 1.807) is 0 Å². The Kier molecular flexibility index (Phi) is 5.49. The number of hydrogen-bond donors (Lipinski definition) is 0.